The lowest BCUT2D eigenvalue weighted by Crippen LogP contribution is -2.69. The second kappa shape index (κ2) is 9.02. The minimum Gasteiger partial charge on any atom is -0.508 e. The van der Waals surface area contributed by atoms with E-state index in [0.29, 0.717) is 5.76 Å². The van der Waals surface area contributed by atoms with E-state index in [1.54, 1.807) is 6.08 Å². The summed E-state index contributed by atoms with van der Waals surface area (Å²) in [5.41, 5.74) is 0.320. The third-order valence-electron chi connectivity index (χ3n) is 10.2. The molecule has 9 rings (SSSR count). The van der Waals surface area contributed by atoms with Crippen LogP contribution in [0.5, 0.6) is 0 Å². The van der Waals surface area contributed by atoms with Crippen LogP contribution in [0.4, 0.5) is 0 Å². The van der Waals surface area contributed by atoms with Gasteiger partial charge in [0.1, 0.15) is 35.2 Å². The number of Topliss-reactive ketones (excluding diaryl/α,β-unsaturated/α-hetero) is 2. The summed E-state index contributed by atoms with van der Waals surface area (Å²) in [5.74, 6) is -4.59. The van der Waals surface area contributed by atoms with Gasteiger partial charge in [0, 0.05) is 41.6 Å². The molecule has 1 N–H and O–H groups in total. The first kappa shape index (κ1) is 25.3. The van der Waals surface area contributed by atoms with Crippen LogP contribution >= 0.6 is 0 Å². The fourth-order valence-electron chi connectivity index (χ4n) is 8.69. The van der Waals surface area contributed by atoms with Crippen LogP contribution in [-0.4, -0.2) is 40.8 Å². The van der Waals surface area contributed by atoms with Gasteiger partial charge >= 0.3 is 11.9 Å². The standard InChI is InChI=1S/C34H28O8/c35-22(12-11-17-7-3-1-4-8-17)28-20-14-26(37)42-33(20)29-19-13-25-34(30(29)31(28)39,21-15-27(38)41-32(19)21)24(36)16-23(40-25)18-9-5-2-6-10-18/h1-13,19-21,23,29-30,32-33,35H,14-16H2/b12-11+,28-22?/t19?,20-,21+,23+,29-,30+,32+,33-,34?/m1/s1. The van der Waals surface area contributed by atoms with Gasteiger partial charge in [-0.15, -0.1) is 0 Å². The second-order valence-electron chi connectivity index (χ2n) is 12.1. The number of rotatable bonds is 3. The van der Waals surface area contributed by atoms with E-state index in [0.717, 1.165) is 11.1 Å². The molecule has 3 aliphatic heterocycles. The minimum atomic E-state index is -1.45. The summed E-state index contributed by atoms with van der Waals surface area (Å²) in [6, 6.07) is 18.8. The molecule has 2 bridgehead atoms. The topological polar surface area (TPSA) is 116 Å². The molecule has 5 fully saturated rings. The highest BCUT2D eigenvalue weighted by Gasteiger charge is 2.77. The van der Waals surface area contributed by atoms with Gasteiger partial charge in [0.15, 0.2) is 11.6 Å². The van der Waals surface area contributed by atoms with Crippen LogP contribution in [0.1, 0.15) is 36.5 Å². The molecule has 2 aromatic carbocycles. The molecular weight excluding hydrogens is 536 g/mol. The highest BCUT2D eigenvalue weighted by Crippen LogP contribution is 2.70. The number of allylic oxidation sites excluding steroid dienone is 2. The van der Waals surface area contributed by atoms with E-state index in [4.69, 9.17) is 14.2 Å². The molecule has 3 saturated heterocycles. The molecule has 2 aromatic rings. The van der Waals surface area contributed by atoms with Crippen molar-refractivity contribution in [3.8, 4) is 0 Å². The fourth-order valence-corrected chi connectivity index (χ4v) is 8.69. The van der Waals surface area contributed by atoms with Crippen LogP contribution in [0, 0.1) is 35.0 Å². The number of hydrogen-bond donors (Lipinski definition) is 1. The van der Waals surface area contributed by atoms with E-state index >= 15 is 0 Å². The van der Waals surface area contributed by atoms with E-state index in [2.05, 4.69) is 0 Å². The molecule has 212 valence electrons. The number of hydrogen-bond acceptors (Lipinski definition) is 8. The van der Waals surface area contributed by atoms with Crippen molar-refractivity contribution in [1.82, 2.24) is 0 Å². The normalized spacial score (nSPS) is 39.0. The number of aliphatic hydroxyl groups is 1. The third-order valence-corrected chi connectivity index (χ3v) is 10.2. The average molecular weight is 565 g/mol. The minimum absolute atomic E-state index is 0.00701. The maximum absolute atomic E-state index is 14.7. The first-order chi connectivity index (χ1) is 20.4. The van der Waals surface area contributed by atoms with Crippen molar-refractivity contribution in [2.45, 2.75) is 37.6 Å². The summed E-state index contributed by atoms with van der Waals surface area (Å²) in [7, 11) is 0. The maximum Gasteiger partial charge on any atom is 0.306 e. The Balaban J connectivity index is 1.28. The summed E-state index contributed by atoms with van der Waals surface area (Å²) in [5, 5.41) is 11.4. The first-order valence-electron chi connectivity index (χ1n) is 14.4. The van der Waals surface area contributed by atoms with Crippen molar-refractivity contribution in [3.63, 3.8) is 0 Å². The van der Waals surface area contributed by atoms with Crippen LogP contribution in [0.15, 0.2) is 89.9 Å². The maximum atomic E-state index is 14.7. The Morgan fingerprint density at radius 2 is 1.52 bits per heavy atom. The van der Waals surface area contributed by atoms with Crippen molar-refractivity contribution >= 4 is 29.6 Å². The summed E-state index contributed by atoms with van der Waals surface area (Å²) < 4.78 is 18.2. The van der Waals surface area contributed by atoms with E-state index in [-0.39, 0.29) is 36.4 Å². The van der Waals surface area contributed by atoms with Crippen LogP contribution in [0.25, 0.3) is 6.08 Å². The van der Waals surface area contributed by atoms with Crippen molar-refractivity contribution in [2.75, 3.05) is 0 Å². The van der Waals surface area contributed by atoms with Crippen LogP contribution in [0.2, 0.25) is 0 Å². The van der Waals surface area contributed by atoms with Crippen molar-refractivity contribution < 1.29 is 38.5 Å². The molecule has 0 amide bonds. The Hall–Kier alpha value is -4.46. The van der Waals surface area contributed by atoms with Gasteiger partial charge in [0.05, 0.1) is 12.8 Å². The number of carbonyl (C=O) groups excluding carboxylic acids is 4. The predicted octanol–water partition coefficient (Wildman–Crippen LogP) is 4.43. The Kier molecular flexibility index (Phi) is 5.42. The zero-order valence-electron chi connectivity index (χ0n) is 22.6. The Bertz CT molecular complexity index is 1620. The van der Waals surface area contributed by atoms with E-state index in [9.17, 15) is 24.3 Å². The monoisotopic (exact) mass is 564 g/mol. The summed E-state index contributed by atoms with van der Waals surface area (Å²) in [4.78, 5) is 54.7. The van der Waals surface area contributed by atoms with Gasteiger partial charge < -0.3 is 19.3 Å². The van der Waals surface area contributed by atoms with Gasteiger partial charge in [-0.2, -0.15) is 0 Å². The van der Waals surface area contributed by atoms with Crippen LogP contribution < -0.4 is 0 Å². The zero-order chi connectivity index (χ0) is 28.7. The van der Waals surface area contributed by atoms with Gasteiger partial charge in [-0.1, -0.05) is 66.7 Å². The smallest absolute Gasteiger partial charge is 0.306 e. The van der Waals surface area contributed by atoms with Gasteiger partial charge in [-0.3, -0.25) is 19.2 Å². The molecule has 4 aliphatic carbocycles. The first-order valence-corrected chi connectivity index (χ1v) is 14.4. The number of aliphatic hydroxyl groups excluding tert-OH is 1. The lowest BCUT2D eigenvalue weighted by Gasteiger charge is -2.62. The SMILES string of the molecule is O=C1C[C@@H]2C(=C(O)/C=C/c3ccccc3)C(=O)[C@@H]3[C@@H](C4C=C5O[C@H](c6ccccc6)CC(=O)C53[C@H]3CC(=O)O[C@@H]43)[C@@H]2O1. The van der Waals surface area contributed by atoms with Crippen molar-refractivity contribution in [1.29, 1.82) is 0 Å². The van der Waals surface area contributed by atoms with E-state index in [1.807, 2.05) is 66.7 Å². The lowest BCUT2D eigenvalue weighted by atomic mass is 9.41. The quantitative estimate of drug-likeness (QED) is 0.331. The third kappa shape index (κ3) is 3.35. The molecular formula is C34H28O8. The fraction of sp³-hybridized carbons (Fsp3) is 0.353. The average Bonchev–Trinajstić information content (AvgIpc) is 3.59. The highest BCUT2D eigenvalue weighted by molar-refractivity contribution is 6.07. The Labute approximate surface area is 241 Å². The van der Waals surface area contributed by atoms with Gasteiger partial charge in [0.2, 0.25) is 0 Å². The molecule has 7 aliphatic rings. The molecule has 1 spiro atoms. The second-order valence-corrected chi connectivity index (χ2v) is 12.1. The Morgan fingerprint density at radius 1 is 0.833 bits per heavy atom. The molecule has 8 nitrogen and oxygen atoms in total. The number of ether oxygens (including phenoxy) is 3. The molecule has 0 aromatic heterocycles. The number of ketones is 2. The summed E-state index contributed by atoms with van der Waals surface area (Å²) >= 11 is 0. The summed E-state index contributed by atoms with van der Waals surface area (Å²) in [6.45, 7) is 0. The summed E-state index contributed by atoms with van der Waals surface area (Å²) in [6.07, 6.45) is 3.09. The molecule has 0 radical (unpaired) electrons. The molecule has 42 heavy (non-hydrogen) atoms. The van der Waals surface area contributed by atoms with Crippen LogP contribution in [0.3, 0.4) is 0 Å². The largest absolute Gasteiger partial charge is 0.508 e. The molecule has 2 unspecified atom stereocenters. The predicted molar refractivity (Wildman–Crippen MR) is 147 cm³/mol. The lowest BCUT2D eigenvalue weighted by molar-refractivity contribution is -0.197. The Morgan fingerprint density at radius 3 is 2.29 bits per heavy atom. The van der Waals surface area contributed by atoms with Gasteiger partial charge in [-0.05, 0) is 23.3 Å². The number of carbonyl (C=O) groups is 4. The van der Waals surface area contributed by atoms with Crippen LogP contribution in [-0.2, 0) is 33.4 Å². The number of esters is 2. The number of benzene rings is 2. The zero-order valence-corrected chi connectivity index (χ0v) is 22.6. The van der Waals surface area contributed by atoms with E-state index in [1.165, 1.54) is 6.08 Å². The number of fused-ring (bicyclic) bond motifs is 1. The van der Waals surface area contributed by atoms with Crippen molar-refractivity contribution in [3.05, 3.63) is 101 Å². The van der Waals surface area contributed by atoms with Crippen molar-refractivity contribution in [2.24, 2.45) is 35.0 Å². The molecule has 8 heteroatoms. The molecule has 9 atom stereocenters. The molecule has 3 heterocycles. The van der Waals surface area contributed by atoms with E-state index < -0.39 is 71.0 Å². The highest BCUT2D eigenvalue weighted by atomic mass is 16.6. The molecule has 2 saturated carbocycles. The van der Waals surface area contributed by atoms with Gasteiger partial charge in [-0.25, -0.2) is 0 Å². The van der Waals surface area contributed by atoms with Gasteiger partial charge in [0.25, 0.3) is 0 Å².